The Balaban J connectivity index is 1.96. The van der Waals surface area contributed by atoms with Crippen molar-refractivity contribution in [3.8, 4) is 5.75 Å². The topological polar surface area (TPSA) is 67.9 Å². The van der Waals surface area contributed by atoms with Gasteiger partial charge in [-0.15, -0.1) is 0 Å². The summed E-state index contributed by atoms with van der Waals surface area (Å²) in [5, 5.41) is 0. The quantitative estimate of drug-likeness (QED) is 0.847. The van der Waals surface area contributed by atoms with Crippen LogP contribution in [-0.4, -0.2) is 59.8 Å². The van der Waals surface area contributed by atoms with Crippen molar-refractivity contribution >= 4 is 10.0 Å². The highest BCUT2D eigenvalue weighted by Gasteiger charge is 2.21. The Labute approximate surface area is 119 Å². The average molecular weight is 300 g/mol. The summed E-state index contributed by atoms with van der Waals surface area (Å²) in [5.74, 6) is 0.626. The number of hydrogen-bond acceptors (Lipinski definition) is 5. The Morgan fingerprint density at radius 1 is 1.40 bits per heavy atom. The number of ether oxygens (including phenoxy) is 2. The van der Waals surface area contributed by atoms with Gasteiger partial charge in [0.1, 0.15) is 5.75 Å². The van der Waals surface area contributed by atoms with E-state index in [2.05, 4.69) is 9.62 Å². The molecule has 1 saturated heterocycles. The first-order valence-corrected chi connectivity index (χ1v) is 7.93. The molecule has 1 N–H and O–H groups in total. The summed E-state index contributed by atoms with van der Waals surface area (Å²) in [5.41, 5.74) is 0. The van der Waals surface area contributed by atoms with Crippen LogP contribution in [0.15, 0.2) is 29.2 Å². The van der Waals surface area contributed by atoms with Crippen molar-refractivity contribution in [2.45, 2.75) is 11.0 Å². The Morgan fingerprint density at radius 2 is 2.10 bits per heavy atom. The fourth-order valence-corrected chi connectivity index (χ4v) is 3.10. The van der Waals surface area contributed by atoms with Crippen molar-refractivity contribution in [1.82, 2.24) is 9.62 Å². The van der Waals surface area contributed by atoms with Gasteiger partial charge in [0.2, 0.25) is 10.0 Å². The van der Waals surface area contributed by atoms with Crippen LogP contribution in [0.1, 0.15) is 0 Å². The van der Waals surface area contributed by atoms with Gasteiger partial charge in [0.05, 0.1) is 24.7 Å². The molecule has 0 bridgehead atoms. The van der Waals surface area contributed by atoms with E-state index in [0.29, 0.717) is 12.4 Å². The summed E-state index contributed by atoms with van der Waals surface area (Å²) in [6.07, 6.45) is -0.109. The maximum Gasteiger partial charge on any atom is 0.240 e. The van der Waals surface area contributed by atoms with E-state index in [1.165, 1.54) is 12.1 Å². The van der Waals surface area contributed by atoms with Gasteiger partial charge in [0, 0.05) is 19.6 Å². The second-order valence-corrected chi connectivity index (χ2v) is 6.55. The van der Waals surface area contributed by atoms with Crippen molar-refractivity contribution in [3.63, 3.8) is 0 Å². The monoisotopic (exact) mass is 300 g/mol. The third-order valence-corrected chi connectivity index (χ3v) is 4.65. The molecule has 0 amide bonds. The van der Waals surface area contributed by atoms with Gasteiger partial charge in [-0.05, 0) is 31.3 Å². The normalized spacial score (nSPS) is 20.8. The minimum absolute atomic E-state index is 0.109. The molecule has 6 nitrogen and oxygen atoms in total. The van der Waals surface area contributed by atoms with Gasteiger partial charge in [0.15, 0.2) is 0 Å². The first-order valence-electron chi connectivity index (χ1n) is 6.45. The lowest BCUT2D eigenvalue weighted by Crippen LogP contribution is -2.45. The van der Waals surface area contributed by atoms with E-state index in [1.807, 2.05) is 7.05 Å². The molecular formula is C13H20N2O4S. The van der Waals surface area contributed by atoms with Crippen LogP contribution in [0.3, 0.4) is 0 Å². The summed E-state index contributed by atoms with van der Waals surface area (Å²) in [6, 6.07) is 6.29. The van der Waals surface area contributed by atoms with E-state index in [1.54, 1.807) is 19.2 Å². The number of sulfonamides is 1. The van der Waals surface area contributed by atoms with Gasteiger partial charge >= 0.3 is 0 Å². The van der Waals surface area contributed by atoms with E-state index >= 15 is 0 Å². The Kier molecular flexibility index (Phi) is 4.98. The van der Waals surface area contributed by atoms with E-state index in [0.717, 1.165) is 13.1 Å². The molecule has 0 saturated carbocycles. The van der Waals surface area contributed by atoms with E-state index in [-0.39, 0.29) is 17.5 Å². The number of morpholine rings is 1. The first kappa shape index (κ1) is 15.2. The maximum atomic E-state index is 12.1. The molecule has 1 heterocycles. The summed E-state index contributed by atoms with van der Waals surface area (Å²) in [6.45, 7) is 2.51. The fourth-order valence-electron chi connectivity index (χ4n) is 2.03. The molecule has 7 heteroatoms. The van der Waals surface area contributed by atoms with Crippen molar-refractivity contribution in [2.24, 2.45) is 0 Å². The molecule has 20 heavy (non-hydrogen) atoms. The van der Waals surface area contributed by atoms with Crippen LogP contribution in [0, 0.1) is 0 Å². The van der Waals surface area contributed by atoms with Crippen LogP contribution in [0.5, 0.6) is 5.75 Å². The number of rotatable bonds is 5. The van der Waals surface area contributed by atoms with Crippen LogP contribution in [0.4, 0.5) is 0 Å². The average Bonchev–Trinajstić information content (AvgIpc) is 2.45. The number of methoxy groups -OCH3 is 1. The summed E-state index contributed by atoms with van der Waals surface area (Å²) < 4.78 is 37.4. The molecule has 2 rings (SSSR count). The van der Waals surface area contributed by atoms with Gasteiger partial charge in [-0.25, -0.2) is 13.1 Å². The number of nitrogens with zero attached hydrogens (tertiary/aromatic N) is 1. The van der Waals surface area contributed by atoms with E-state index in [4.69, 9.17) is 9.47 Å². The second kappa shape index (κ2) is 6.53. The highest BCUT2D eigenvalue weighted by molar-refractivity contribution is 7.89. The van der Waals surface area contributed by atoms with Gasteiger partial charge < -0.3 is 14.4 Å². The minimum Gasteiger partial charge on any atom is -0.497 e. The Hall–Kier alpha value is -1.15. The molecule has 112 valence electrons. The number of nitrogens with one attached hydrogen (secondary N) is 1. The van der Waals surface area contributed by atoms with Crippen molar-refractivity contribution in [3.05, 3.63) is 24.3 Å². The van der Waals surface area contributed by atoms with Gasteiger partial charge in [-0.3, -0.25) is 0 Å². The van der Waals surface area contributed by atoms with Crippen molar-refractivity contribution in [1.29, 1.82) is 0 Å². The highest BCUT2D eigenvalue weighted by atomic mass is 32.2. The maximum absolute atomic E-state index is 12.1. The zero-order chi connectivity index (χ0) is 14.6. The summed E-state index contributed by atoms with van der Waals surface area (Å²) in [4.78, 5) is 2.35. The molecule has 1 aliphatic heterocycles. The fraction of sp³-hybridized carbons (Fsp3) is 0.538. The molecule has 1 aromatic rings. The first-order chi connectivity index (χ1) is 9.51. The van der Waals surface area contributed by atoms with Crippen LogP contribution in [0.2, 0.25) is 0 Å². The van der Waals surface area contributed by atoms with Gasteiger partial charge in [-0.2, -0.15) is 0 Å². The lowest BCUT2D eigenvalue weighted by atomic mass is 10.3. The zero-order valence-electron chi connectivity index (χ0n) is 11.7. The molecule has 0 spiro atoms. The summed E-state index contributed by atoms with van der Waals surface area (Å²) in [7, 11) is 0.0277. The van der Waals surface area contributed by atoms with Crippen LogP contribution in [-0.2, 0) is 14.8 Å². The SMILES string of the molecule is COc1ccc(S(=O)(=O)NCC2CN(C)CCO2)cc1. The molecule has 1 atom stereocenters. The smallest absolute Gasteiger partial charge is 0.240 e. The zero-order valence-corrected chi connectivity index (χ0v) is 12.5. The molecule has 1 unspecified atom stereocenters. The lowest BCUT2D eigenvalue weighted by Gasteiger charge is -2.30. The number of likely N-dealkylation sites (N-methyl/N-ethyl adjacent to an activating group) is 1. The molecule has 1 fully saturated rings. The van der Waals surface area contributed by atoms with Crippen LogP contribution >= 0.6 is 0 Å². The molecule has 1 aliphatic rings. The number of benzene rings is 1. The molecule has 0 aliphatic carbocycles. The second-order valence-electron chi connectivity index (χ2n) is 4.78. The minimum atomic E-state index is -3.51. The Bertz CT molecular complexity index is 530. The van der Waals surface area contributed by atoms with Gasteiger partial charge in [-0.1, -0.05) is 0 Å². The molecule has 0 radical (unpaired) electrons. The van der Waals surface area contributed by atoms with Crippen molar-refractivity contribution < 1.29 is 17.9 Å². The van der Waals surface area contributed by atoms with Crippen molar-refractivity contribution in [2.75, 3.05) is 40.4 Å². The van der Waals surface area contributed by atoms with Crippen LogP contribution in [0.25, 0.3) is 0 Å². The van der Waals surface area contributed by atoms with Gasteiger partial charge in [0.25, 0.3) is 0 Å². The Morgan fingerprint density at radius 3 is 2.70 bits per heavy atom. The summed E-state index contributed by atoms with van der Waals surface area (Å²) >= 11 is 0. The highest BCUT2D eigenvalue weighted by Crippen LogP contribution is 2.15. The third kappa shape index (κ3) is 3.92. The number of hydrogen-bond donors (Lipinski definition) is 1. The largest absolute Gasteiger partial charge is 0.497 e. The molecular weight excluding hydrogens is 280 g/mol. The predicted octanol–water partition coefficient (Wildman–Crippen LogP) is 0.304. The molecule has 1 aromatic carbocycles. The third-order valence-electron chi connectivity index (χ3n) is 3.21. The lowest BCUT2D eigenvalue weighted by molar-refractivity contribution is -0.0156. The predicted molar refractivity (Wildman–Crippen MR) is 75.4 cm³/mol. The van der Waals surface area contributed by atoms with E-state index in [9.17, 15) is 8.42 Å². The molecule has 0 aromatic heterocycles. The standard InChI is InChI=1S/C13H20N2O4S/c1-15-7-8-19-12(10-15)9-14-20(16,17)13-5-3-11(18-2)4-6-13/h3-6,12,14H,7-10H2,1-2H3. The van der Waals surface area contributed by atoms with E-state index < -0.39 is 10.0 Å². The van der Waals surface area contributed by atoms with Crippen LogP contribution < -0.4 is 9.46 Å².